The summed E-state index contributed by atoms with van der Waals surface area (Å²) in [7, 11) is 0. The Morgan fingerprint density at radius 2 is 2.14 bits per heavy atom. The van der Waals surface area contributed by atoms with Gasteiger partial charge in [-0.25, -0.2) is 0 Å². The average Bonchev–Trinajstić information content (AvgIpc) is 2.52. The number of carbonyl (C=O) groups is 1. The molecule has 4 nitrogen and oxygen atoms in total. The molecule has 21 heavy (non-hydrogen) atoms. The zero-order chi connectivity index (χ0) is 15.2. The number of amides is 1. The molecule has 0 aliphatic heterocycles. The normalized spacial score (nSPS) is 22.3. The molecule has 2 N–H and O–H groups in total. The monoisotopic (exact) mass is 289 g/mol. The van der Waals surface area contributed by atoms with Gasteiger partial charge in [0.1, 0.15) is 0 Å². The molecule has 4 heteroatoms. The van der Waals surface area contributed by atoms with Crippen LogP contribution >= 0.6 is 0 Å². The summed E-state index contributed by atoms with van der Waals surface area (Å²) in [4.78, 5) is 19.3. The van der Waals surface area contributed by atoms with Gasteiger partial charge in [-0.15, -0.1) is 0 Å². The Morgan fingerprint density at radius 3 is 2.76 bits per heavy atom. The fraction of sp³-hybridized carbons (Fsp3) is 0.647. The van der Waals surface area contributed by atoms with E-state index in [0.29, 0.717) is 19.0 Å². The first-order chi connectivity index (χ1) is 10.1. The van der Waals surface area contributed by atoms with Crippen molar-refractivity contribution in [1.29, 1.82) is 0 Å². The largest absolute Gasteiger partial charge is 0.334 e. The Balaban J connectivity index is 2.11. The van der Waals surface area contributed by atoms with Crippen LogP contribution in [0.1, 0.15) is 45.2 Å². The van der Waals surface area contributed by atoms with Gasteiger partial charge in [0.25, 0.3) is 0 Å². The lowest BCUT2D eigenvalue weighted by atomic mass is 9.78. The number of hydrogen-bond acceptors (Lipinski definition) is 3. The van der Waals surface area contributed by atoms with Crippen LogP contribution in [0.3, 0.4) is 0 Å². The van der Waals surface area contributed by atoms with E-state index >= 15 is 0 Å². The third kappa shape index (κ3) is 4.03. The van der Waals surface area contributed by atoms with Crippen LogP contribution < -0.4 is 5.73 Å². The lowest BCUT2D eigenvalue weighted by Crippen LogP contribution is -2.45. The molecule has 1 saturated carbocycles. The number of pyridine rings is 1. The van der Waals surface area contributed by atoms with Crippen molar-refractivity contribution < 1.29 is 4.79 Å². The van der Waals surface area contributed by atoms with E-state index in [0.717, 1.165) is 25.0 Å². The Labute approximate surface area is 127 Å². The van der Waals surface area contributed by atoms with Crippen LogP contribution in [0.2, 0.25) is 0 Å². The van der Waals surface area contributed by atoms with E-state index in [9.17, 15) is 4.79 Å². The van der Waals surface area contributed by atoms with Crippen molar-refractivity contribution in [3.63, 3.8) is 0 Å². The molecule has 1 aliphatic carbocycles. The lowest BCUT2D eigenvalue weighted by molar-refractivity contribution is -0.141. The molecule has 1 aromatic rings. The molecular formula is C17H27N3O. The second-order valence-electron chi connectivity index (χ2n) is 6.27. The second-order valence-corrected chi connectivity index (χ2v) is 6.27. The summed E-state index contributed by atoms with van der Waals surface area (Å²) >= 11 is 0. The van der Waals surface area contributed by atoms with E-state index in [1.165, 1.54) is 6.42 Å². The highest BCUT2D eigenvalue weighted by Gasteiger charge is 2.33. The van der Waals surface area contributed by atoms with Crippen LogP contribution in [-0.4, -0.2) is 28.4 Å². The molecule has 0 radical (unpaired) electrons. The van der Waals surface area contributed by atoms with Crippen LogP contribution in [0.25, 0.3) is 0 Å². The average molecular weight is 289 g/mol. The minimum atomic E-state index is 0.0925. The van der Waals surface area contributed by atoms with Crippen molar-refractivity contribution in [1.82, 2.24) is 9.88 Å². The van der Waals surface area contributed by atoms with Crippen molar-refractivity contribution in [3.8, 4) is 0 Å². The number of hydrogen-bond donors (Lipinski definition) is 1. The third-order valence-corrected chi connectivity index (χ3v) is 4.49. The van der Waals surface area contributed by atoms with Gasteiger partial charge in [0.2, 0.25) is 5.91 Å². The first-order valence-electron chi connectivity index (χ1n) is 8.04. The Kier molecular flexibility index (Phi) is 5.74. The fourth-order valence-electron chi connectivity index (χ4n) is 3.21. The number of rotatable bonds is 5. The highest BCUT2D eigenvalue weighted by atomic mass is 16.2. The van der Waals surface area contributed by atoms with E-state index in [2.05, 4.69) is 18.8 Å². The minimum Gasteiger partial charge on any atom is -0.334 e. The van der Waals surface area contributed by atoms with E-state index in [-0.39, 0.29) is 17.9 Å². The summed E-state index contributed by atoms with van der Waals surface area (Å²) in [6, 6.07) is 6.02. The minimum absolute atomic E-state index is 0.0925. The first kappa shape index (κ1) is 16.0. The number of nitrogens with two attached hydrogens (primary N) is 1. The van der Waals surface area contributed by atoms with Crippen molar-refractivity contribution >= 4 is 5.91 Å². The van der Waals surface area contributed by atoms with Crippen LogP contribution in [0.15, 0.2) is 24.4 Å². The van der Waals surface area contributed by atoms with E-state index in [1.807, 2.05) is 23.1 Å². The fourth-order valence-corrected chi connectivity index (χ4v) is 3.21. The first-order valence-corrected chi connectivity index (χ1v) is 8.04. The molecule has 1 amide bonds. The Morgan fingerprint density at radius 1 is 1.38 bits per heavy atom. The maximum atomic E-state index is 13.0. The summed E-state index contributed by atoms with van der Waals surface area (Å²) in [6.07, 6.45) is 6.19. The number of aromatic nitrogens is 1. The SMILES string of the molecule is CC(C)N(Cc1ccccn1)C(=O)C1CCCCC1CN. The van der Waals surface area contributed by atoms with Gasteiger partial charge in [0.15, 0.2) is 0 Å². The van der Waals surface area contributed by atoms with Crippen molar-refractivity contribution in [2.45, 2.75) is 52.1 Å². The zero-order valence-electron chi connectivity index (χ0n) is 13.2. The van der Waals surface area contributed by atoms with Crippen LogP contribution in [0.4, 0.5) is 0 Å². The van der Waals surface area contributed by atoms with E-state index in [1.54, 1.807) is 6.20 Å². The van der Waals surface area contributed by atoms with Crippen molar-refractivity contribution in [2.24, 2.45) is 17.6 Å². The van der Waals surface area contributed by atoms with Crippen molar-refractivity contribution in [3.05, 3.63) is 30.1 Å². The maximum Gasteiger partial charge on any atom is 0.226 e. The molecule has 1 fully saturated rings. The number of nitrogens with zero attached hydrogens (tertiary/aromatic N) is 2. The van der Waals surface area contributed by atoms with Crippen LogP contribution in [0, 0.1) is 11.8 Å². The second kappa shape index (κ2) is 7.55. The predicted molar refractivity (Wildman–Crippen MR) is 84.4 cm³/mol. The molecule has 1 aliphatic rings. The zero-order valence-corrected chi connectivity index (χ0v) is 13.2. The summed E-state index contributed by atoms with van der Waals surface area (Å²) in [5.41, 5.74) is 6.82. The molecular weight excluding hydrogens is 262 g/mol. The van der Waals surface area contributed by atoms with Gasteiger partial charge in [0, 0.05) is 18.2 Å². The van der Waals surface area contributed by atoms with E-state index < -0.39 is 0 Å². The smallest absolute Gasteiger partial charge is 0.226 e. The van der Waals surface area contributed by atoms with Crippen molar-refractivity contribution in [2.75, 3.05) is 6.54 Å². The molecule has 0 bridgehead atoms. The molecule has 0 aromatic carbocycles. The molecule has 1 heterocycles. The van der Waals surface area contributed by atoms with Crippen LogP contribution in [0.5, 0.6) is 0 Å². The molecule has 2 unspecified atom stereocenters. The summed E-state index contributed by atoms with van der Waals surface area (Å²) in [5, 5.41) is 0. The molecule has 116 valence electrons. The van der Waals surface area contributed by atoms with Gasteiger partial charge in [-0.2, -0.15) is 0 Å². The third-order valence-electron chi connectivity index (χ3n) is 4.49. The van der Waals surface area contributed by atoms with Gasteiger partial charge in [-0.1, -0.05) is 18.9 Å². The van der Waals surface area contributed by atoms with E-state index in [4.69, 9.17) is 5.73 Å². The highest BCUT2D eigenvalue weighted by molar-refractivity contribution is 5.79. The quantitative estimate of drug-likeness (QED) is 0.906. The molecule has 2 atom stereocenters. The Hall–Kier alpha value is -1.42. The highest BCUT2D eigenvalue weighted by Crippen LogP contribution is 2.31. The van der Waals surface area contributed by atoms with Gasteiger partial charge in [-0.3, -0.25) is 9.78 Å². The van der Waals surface area contributed by atoms with Gasteiger partial charge >= 0.3 is 0 Å². The standard InChI is InChI=1S/C17H27N3O/c1-13(2)20(12-15-8-5-6-10-19-15)17(21)16-9-4-3-7-14(16)11-18/h5-6,8,10,13-14,16H,3-4,7,9,11-12,18H2,1-2H3. The van der Waals surface area contributed by atoms with Crippen LogP contribution in [-0.2, 0) is 11.3 Å². The predicted octanol–water partition coefficient (Wildman–Crippen LogP) is 2.58. The number of carbonyl (C=O) groups excluding carboxylic acids is 1. The maximum absolute atomic E-state index is 13.0. The molecule has 2 rings (SSSR count). The summed E-state index contributed by atoms with van der Waals surface area (Å²) in [6.45, 7) is 5.35. The molecule has 0 spiro atoms. The topological polar surface area (TPSA) is 59.2 Å². The molecule has 1 aromatic heterocycles. The van der Waals surface area contributed by atoms with Gasteiger partial charge in [-0.05, 0) is 51.3 Å². The summed E-state index contributed by atoms with van der Waals surface area (Å²) in [5.74, 6) is 0.692. The lowest BCUT2D eigenvalue weighted by Gasteiger charge is -2.36. The molecule has 0 saturated heterocycles. The Bertz CT molecular complexity index is 447. The van der Waals surface area contributed by atoms with Gasteiger partial charge in [0.05, 0.1) is 12.2 Å². The summed E-state index contributed by atoms with van der Waals surface area (Å²) < 4.78 is 0. The van der Waals surface area contributed by atoms with Gasteiger partial charge < -0.3 is 10.6 Å².